The van der Waals surface area contributed by atoms with Crippen LogP contribution >= 0.6 is 23.1 Å². The maximum atomic E-state index is 14.2. The van der Waals surface area contributed by atoms with Crippen molar-refractivity contribution in [3.05, 3.63) is 57.2 Å². The molecule has 12 heteroatoms. The molecule has 0 spiro atoms. The van der Waals surface area contributed by atoms with Crippen LogP contribution in [0.4, 0.5) is 11.4 Å². The number of benzene rings is 2. The van der Waals surface area contributed by atoms with Crippen LogP contribution in [0.25, 0.3) is 15.9 Å². The number of thioether (sulfide) groups is 1. The van der Waals surface area contributed by atoms with Crippen LogP contribution in [0.5, 0.6) is 17.2 Å². The molecule has 1 aliphatic heterocycles. The molecule has 3 heterocycles. The zero-order chi connectivity index (χ0) is 32.0. The third-order valence-electron chi connectivity index (χ3n) is 8.16. The quantitative estimate of drug-likeness (QED) is 0.116. The molecule has 0 bridgehead atoms. The number of aryl methyl sites for hydroxylation is 2. The minimum atomic E-state index is -0.245. The second kappa shape index (κ2) is 14.8. The van der Waals surface area contributed by atoms with Crippen molar-refractivity contribution in [1.82, 2.24) is 9.55 Å². The molecule has 4 aromatic rings. The van der Waals surface area contributed by atoms with E-state index in [0.29, 0.717) is 65.6 Å². The van der Waals surface area contributed by atoms with Crippen molar-refractivity contribution in [2.24, 2.45) is 0 Å². The van der Waals surface area contributed by atoms with Gasteiger partial charge in [-0.25, -0.2) is 4.98 Å². The van der Waals surface area contributed by atoms with Gasteiger partial charge < -0.3 is 29.2 Å². The van der Waals surface area contributed by atoms with Gasteiger partial charge in [0, 0.05) is 30.1 Å². The highest BCUT2D eigenvalue weighted by molar-refractivity contribution is 7.99. The molecule has 0 saturated carbocycles. The van der Waals surface area contributed by atoms with Gasteiger partial charge in [-0.2, -0.15) is 0 Å². The number of hydrogen-bond donors (Lipinski definition) is 1. The maximum absolute atomic E-state index is 14.2. The summed E-state index contributed by atoms with van der Waals surface area (Å²) in [6.45, 7) is 7.54. The van der Waals surface area contributed by atoms with Crippen LogP contribution in [0, 0.1) is 0 Å². The Balaban J connectivity index is 1.31. The lowest BCUT2D eigenvalue weighted by Crippen LogP contribution is -2.36. The van der Waals surface area contributed by atoms with Gasteiger partial charge in [-0.15, -0.1) is 11.3 Å². The first-order chi connectivity index (χ1) is 22.5. The Morgan fingerprint density at radius 2 is 1.76 bits per heavy atom. The third kappa shape index (κ3) is 6.84. The smallest absolute Gasteiger partial charge is 0.267 e. The summed E-state index contributed by atoms with van der Waals surface area (Å²) in [6, 6.07) is 11.1. The van der Waals surface area contributed by atoms with E-state index in [4.69, 9.17) is 23.9 Å². The molecule has 244 valence electrons. The van der Waals surface area contributed by atoms with E-state index in [-0.39, 0.29) is 17.2 Å². The summed E-state index contributed by atoms with van der Waals surface area (Å²) in [6.07, 6.45) is 5.22. The number of carbonyl (C=O) groups is 1. The van der Waals surface area contributed by atoms with Gasteiger partial charge in [-0.1, -0.05) is 18.2 Å². The van der Waals surface area contributed by atoms with Gasteiger partial charge in [0.05, 0.1) is 61.7 Å². The summed E-state index contributed by atoms with van der Waals surface area (Å²) in [5.74, 6) is 1.74. The fourth-order valence-electron chi connectivity index (χ4n) is 5.98. The highest BCUT2D eigenvalue weighted by atomic mass is 32.2. The molecule has 1 saturated heterocycles. The first-order valence-corrected chi connectivity index (χ1v) is 17.7. The highest BCUT2D eigenvalue weighted by Gasteiger charge is 2.24. The molecule has 10 nitrogen and oxygen atoms in total. The van der Waals surface area contributed by atoms with Crippen LogP contribution in [0.3, 0.4) is 0 Å². The van der Waals surface area contributed by atoms with Gasteiger partial charge in [0.15, 0.2) is 5.16 Å². The number of hydrogen-bond acceptors (Lipinski definition) is 10. The van der Waals surface area contributed by atoms with Crippen LogP contribution in [-0.4, -0.2) is 67.8 Å². The number of nitrogens with zero attached hydrogens (tertiary/aromatic N) is 3. The van der Waals surface area contributed by atoms with Crippen LogP contribution in [0.1, 0.15) is 43.6 Å². The Morgan fingerprint density at radius 3 is 2.50 bits per heavy atom. The van der Waals surface area contributed by atoms with Gasteiger partial charge in [-0.05, 0) is 69.4 Å². The van der Waals surface area contributed by atoms with Gasteiger partial charge in [0.2, 0.25) is 5.91 Å². The molecule has 1 amide bonds. The number of fused-ring (bicyclic) bond motifs is 3. The van der Waals surface area contributed by atoms with E-state index < -0.39 is 0 Å². The minimum absolute atomic E-state index is 0.0416. The molecule has 2 aromatic heterocycles. The van der Waals surface area contributed by atoms with Crippen LogP contribution in [-0.2, 0) is 22.4 Å². The van der Waals surface area contributed by atoms with Crippen molar-refractivity contribution in [2.75, 3.05) is 62.6 Å². The summed E-state index contributed by atoms with van der Waals surface area (Å²) < 4.78 is 24.5. The van der Waals surface area contributed by atoms with Crippen LogP contribution in [0.2, 0.25) is 0 Å². The molecule has 0 unspecified atom stereocenters. The Hall–Kier alpha value is -3.74. The van der Waals surface area contributed by atoms with E-state index >= 15 is 0 Å². The average molecular weight is 665 g/mol. The predicted molar refractivity (Wildman–Crippen MR) is 184 cm³/mol. The largest absolute Gasteiger partial charge is 0.497 e. The van der Waals surface area contributed by atoms with E-state index in [9.17, 15) is 9.59 Å². The number of thiophene rings is 1. The van der Waals surface area contributed by atoms with E-state index in [0.717, 1.165) is 54.9 Å². The minimum Gasteiger partial charge on any atom is -0.497 e. The molecule has 1 aliphatic carbocycles. The fraction of sp³-hybridized carbons (Fsp3) is 0.441. The Labute approximate surface area is 277 Å². The summed E-state index contributed by atoms with van der Waals surface area (Å²) in [4.78, 5) is 36.9. The predicted octanol–water partition coefficient (Wildman–Crippen LogP) is 6.09. The second-order valence-electron chi connectivity index (χ2n) is 11.1. The Morgan fingerprint density at radius 1 is 1.02 bits per heavy atom. The summed E-state index contributed by atoms with van der Waals surface area (Å²) in [5, 5.41) is 4.20. The topological polar surface area (TPSA) is 104 Å². The number of ether oxygens (including phenoxy) is 4. The molecule has 1 N–H and O–H groups in total. The number of amides is 1. The highest BCUT2D eigenvalue weighted by Crippen LogP contribution is 2.40. The molecule has 46 heavy (non-hydrogen) atoms. The molecule has 2 aromatic carbocycles. The number of anilines is 2. The zero-order valence-corrected chi connectivity index (χ0v) is 28.2. The number of methoxy groups -OCH3 is 1. The van der Waals surface area contributed by atoms with Gasteiger partial charge in [-0.3, -0.25) is 14.2 Å². The van der Waals surface area contributed by atoms with Crippen molar-refractivity contribution in [3.8, 4) is 22.9 Å². The molecule has 1 fully saturated rings. The molecule has 0 radical (unpaired) electrons. The first kappa shape index (κ1) is 32.2. The van der Waals surface area contributed by atoms with E-state index in [1.54, 1.807) is 23.0 Å². The molecule has 6 rings (SSSR count). The van der Waals surface area contributed by atoms with Crippen molar-refractivity contribution >= 4 is 50.6 Å². The first-order valence-electron chi connectivity index (χ1n) is 15.9. The average Bonchev–Trinajstić information content (AvgIpc) is 3.26. The van der Waals surface area contributed by atoms with Crippen LogP contribution < -0.4 is 30.0 Å². The monoisotopic (exact) mass is 664 g/mol. The van der Waals surface area contributed by atoms with Gasteiger partial charge in [0.25, 0.3) is 5.56 Å². The number of rotatable bonds is 11. The summed E-state index contributed by atoms with van der Waals surface area (Å²) in [5.41, 5.74) is 3.16. The summed E-state index contributed by atoms with van der Waals surface area (Å²) >= 11 is 2.85. The van der Waals surface area contributed by atoms with E-state index in [1.807, 2.05) is 50.2 Å². The van der Waals surface area contributed by atoms with Gasteiger partial charge >= 0.3 is 0 Å². The third-order valence-corrected chi connectivity index (χ3v) is 10.3. The molecule has 2 aliphatic rings. The lowest BCUT2D eigenvalue weighted by atomic mass is 10.1. The molecular formula is C34H40N4O6S2. The van der Waals surface area contributed by atoms with E-state index in [1.165, 1.54) is 23.1 Å². The zero-order valence-electron chi connectivity index (χ0n) is 26.6. The van der Waals surface area contributed by atoms with Gasteiger partial charge in [0.1, 0.15) is 22.1 Å². The van der Waals surface area contributed by atoms with Crippen molar-refractivity contribution in [2.45, 2.75) is 51.1 Å². The Bertz CT molecular complexity index is 1750. The molecule has 0 atom stereocenters. The van der Waals surface area contributed by atoms with Crippen LogP contribution in [0.15, 0.2) is 46.3 Å². The second-order valence-corrected chi connectivity index (χ2v) is 13.1. The SMILES string of the molecule is CCOc1cc(N2CCOCC2)c(OCC)cc1NC(=O)CSc1nc2sc3c(c2c(=O)n1-c1ccc(OC)cc1)CCCCC3. The van der Waals surface area contributed by atoms with Crippen molar-refractivity contribution in [3.63, 3.8) is 0 Å². The van der Waals surface area contributed by atoms with E-state index in [2.05, 4.69) is 10.2 Å². The number of carbonyl (C=O) groups excluding carboxylic acids is 1. The Kier molecular flexibility index (Phi) is 10.4. The van der Waals surface area contributed by atoms with Crippen molar-refractivity contribution in [1.29, 1.82) is 0 Å². The maximum Gasteiger partial charge on any atom is 0.267 e. The standard InChI is InChI=1S/C34H40N4O6S2/c1-4-43-27-20-26(37-15-17-42-18-16-37)28(44-5-2)19-25(27)35-30(39)21-45-34-36-32-31(24-9-7-6-8-10-29(24)46-32)33(40)38(34)22-11-13-23(41-3)14-12-22/h11-14,19-20H,4-10,15-18,21H2,1-3H3,(H,35,39). The lowest BCUT2D eigenvalue weighted by molar-refractivity contribution is -0.113. The summed E-state index contributed by atoms with van der Waals surface area (Å²) in [7, 11) is 1.61. The lowest BCUT2D eigenvalue weighted by Gasteiger charge is -2.31. The fourth-order valence-corrected chi connectivity index (χ4v) is 8.09. The molecular weight excluding hydrogens is 625 g/mol. The number of aromatic nitrogens is 2. The number of nitrogens with one attached hydrogen (secondary N) is 1. The normalized spacial score (nSPS) is 14.9. The number of morpholine rings is 1. The van der Waals surface area contributed by atoms with Crippen molar-refractivity contribution < 1.29 is 23.7 Å².